The molecule has 0 saturated heterocycles. The number of benzene rings is 8. The smallest absolute Gasteiger partial charge is 0.338 e. The van der Waals surface area contributed by atoms with Crippen LogP contribution in [-0.4, -0.2) is 57.0 Å². The molecule has 0 saturated carbocycles. The lowest BCUT2D eigenvalue weighted by Crippen LogP contribution is -2.21. The molecule has 0 bridgehead atoms. The molecule has 0 N–H and O–H groups in total. The van der Waals surface area contributed by atoms with Crippen molar-refractivity contribution >= 4 is 68.5 Å². The third kappa shape index (κ3) is 7.54. The predicted octanol–water partition coefficient (Wildman–Crippen LogP) is 14.3. The number of aromatic nitrogens is 2. The minimum absolute atomic E-state index is 0.216. The van der Waals surface area contributed by atoms with Crippen LogP contribution in [0.3, 0.4) is 0 Å². The quantitative estimate of drug-likeness (QED) is 0.0961. The molecule has 4 aliphatic carbocycles. The SMILES string of the molecule is CCOC(=O)c1cccc2c1-c1ccccc1C2=NC1(C)c2ccccc2-c2c(C(=O)Sc3nnc(SC(=O)c4cccc5c4-c4ccccc4C5(C)N=C4c5ccccc5-c5c(C(=O)OCC)cccc54)s3)cccc21. The van der Waals surface area contributed by atoms with E-state index in [2.05, 4.69) is 36.2 Å². The lowest BCUT2D eigenvalue weighted by molar-refractivity contribution is 0.0517. The summed E-state index contributed by atoms with van der Waals surface area (Å²) in [4.78, 5) is 67.1. The molecule has 13 heteroatoms. The average molecular weight is 1060 g/mol. The van der Waals surface area contributed by atoms with Gasteiger partial charge in [0.1, 0.15) is 11.1 Å². The summed E-state index contributed by atoms with van der Waals surface area (Å²) in [5, 5.41) is 8.42. The number of carbonyl (C=O) groups is 4. The van der Waals surface area contributed by atoms with Crippen molar-refractivity contribution in [1.29, 1.82) is 0 Å². The second kappa shape index (κ2) is 18.7. The van der Waals surface area contributed by atoms with Crippen LogP contribution in [0, 0.1) is 0 Å². The van der Waals surface area contributed by atoms with E-state index in [0.29, 0.717) is 30.9 Å². The molecule has 2 atom stereocenters. The maximum atomic E-state index is 14.6. The normalized spacial score (nSPS) is 17.7. The molecule has 0 aliphatic heterocycles. The van der Waals surface area contributed by atoms with Crippen LogP contribution in [-0.2, 0) is 20.6 Å². The first-order valence-corrected chi connectivity index (χ1v) is 27.7. The molecule has 0 fully saturated rings. The van der Waals surface area contributed by atoms with Gasteiger partial charge in [0.25, 0.3) is 0 Å². The largest absolute Gasteiger partial charge is 0.462 e. The second-order valence-corrected chi connectivity index (χ2v) is 22.6. The number of aliphatic imine (C=N–C) groups is 2. The van der Waals surface area contributed by atoms with E-state index in [1.54, 1.807) is 26.0 Å². The highest BCUT2D eigenvalue weighted by Gasteiger charge is 2.45. The van der Waals surface area contributed by atoms with Gasteiger partial charge in [-0.3, -0.25) is 19.6 Å². The molecule has 1 heterocycles. The molecule has 10 nitrogen and oxygen atoms in total. The van der Waals surface area contributed by atoms with E-state index in [-0.39, 0.29) is 35.4 Å². The Labute approximate surface area is 456 Å². The van der Waals surface area contributed by atoms with Gasteiger partial charge in [-0.2, -0.15) is 0 Å². The fraction of sp³-hybridized carbons (Fsp3) is 0.125. The van der Waals surface area contributed by atoms with Gasteiger partial charge in [-0.1, -0.05) is 157 Å². The molecule has 1 aromatic heterocycles. The molecule has 374 valence electrons. The van der Waals surface area contributed by atoms with Crippen LogP contribution >= 0.6 is 34.9 Å². The first kappa shape index (κ1) is 48.3. The number of esters is 2. The van der Waals surface area contributed by atoms with Crippen molar-refractivity contribution in [3.8, 4) is 44.5 Å². The average Bonchev–Trinajstić information content (AvgIpc) is 4.24. The molecule has 77 heavy (non-hydrogen) atoms. The van der Waals surface area contributed by atoms with Crippen LogP contribution in [0.1, 0.15) is 114 Å². The zero-order chi connectivity index (χ0) is 52.7. The number of carbonyl (C=O) groups excluding carboxylic acids is 4. The first-order valence-electron chi connectivity index (χ1n) is 25.3. The number of hydrogen-bond donors (Lipinski definition) is 0. The zero-order valence-corrected chi connectivity index (χ0v) is 44.5. The fourth-order valence-corrected chi connectivity index (χ4v) is 14.6. The Balaban J connectivity index is 0.806. The van der Waals surface area contributed by atoms with E-state index in [9.17, 15) is 19.2 Å². The first-order chi connectivity index (χ1) is 37.5. The van der Waals surface area contributed by atoms with Crippen molar-refractivity contribution < 1.29 is 28.7 Å². The van der Waals surface area contributed by atoms with Crippen molar-refractivity contribution in [3.05, 3.63) is 237 Å². The topological polar surface area (TPSA) is 137 Å². The highest BCUT2D eigenvalue weighted by Crippen LogP contribution is 2.55. The maximum absolute atomic E-state index is 14.6. The highest BCUT2D eigenvalue weighted by molar-refractivity contribution is 8.17. The molecule has 4 aliphatic rings. The zero-order valence-electron chi connectivity index (χ0n) is 42.0. The number of ether oxygens (including phenoxy) is 2. The van der Waals surface area contributed by atoms with E-state index in [1.165, 1.54) is 11.3 Å². The van der Waals surface area contributed by atoms with Crippen LogP contribution in [0.2, 0.25) is 0 Å². The van der Waals surface area contributed by atoms with Gasteiger partial charge in [-0.25, -0.2) is 9.59 Å². The third-order valence-corrected chi connectivity index (χ3v) is 17.8. The maximum Gasteiger partial charge on any atom is 0.338 e. The fourth-order valence-electron chi connectivity index (χ4n) is 11.8. The van der Waals surface area contributed by atoms with E-state index in [0.717, 1.165) is 124 Å². The second-order valence-electron chi connectivity index (χ2n) is 19.2. The standard InChI is InChI=1S/C64H44N4O6S3/c1-5-73-57(69)43-27-15-25-41-51(43)35-19-7-9-21-37(35)55(41)65-63(3)47-31-13-11-23-39(47)53-45(29-17-33-49(53)63)59(71)75-61-67-68-62(77-61)76-60(72)46-30-18-34-50-54(46)40-24-12-14-32-48(40)64(50,4)66-56-38-22-10-8-20-36(38)52-42(56)26-16-28-44(52)58(70)74-6-2/h7-34H,5-6H2,1-4H3. The molecule has 2 unspecified atom stereocenters. The Kier molecular flexibility index (Phi) is 11.7. The van der Waals surface area contributed by atoms with Gasteiger partial charge >= 0.3 is 11.9 Å². The summed E-state index contributed by atoms with van der Waals surface area (Å²) in [6, 6.07) is 55.0. The van der Waals surface area contributed by atoms with Gasteiger partial charge in [0.2, 0.25) is 10.2 Å². The van der Waals surface area contributed by atoms with Crippen molar-refractivity contribution in [1.82, 2.24) is 10.2 Å². The van der Waals surface area contributed by atoms with Gasteiger partial charge in [-0.15, -0.1) is 10.2 Å². The molecule has 0 spiro atoms. The van der Waals surface area contributed by atoms with Gasteiger partial charge in [0.15, 0.2) is 8.68 Å². The minimum Gasteiger partial charge on any atom is -0.462 e. The Morgan fingerprint density at radius 2 is 0.753 bits per heavy atom. The number of hydrogen-bond acceptors (Lipinski definition) is 13. The minimum atomic E-state index is -0.908. The summed E-state index contributed by atoms with van der Waals surface area (Å²) < 4.78 is 11.8. The molecular formula is C64H44N4O6S3. The Hall–Kier alpha value is -8.36. The van der Waals surface area contributed by atoms with E-state index < -0.39 is 11.1 Å². The number of thioether (sulfide) groups is 2. The van der Waals surface area contributed by atoms with E-state index in [4.69, 9.17) is 19.5 Å². The van der Waals surface area contributed by atoms with Gasteiger partial charge in [-0.05, 0) is 131 Å². The van der Waals surface area contributed by atoms with Gasteiger partial charge in [0.05, 0.1) is 35.8 Å². The van der Waals surface area contributed by atoms with Crippen LogP contribution in [0.25, 0.3) is 44.5 Å². The molecule has 0 amide bonds. The van der Waals surface area contributed by atoms with Gasteiger partial charge < -0.3 is 9.47 Å². The molecule has 9 aromatic rings. The van der Waals surface area contributed by atoms with E-state index in [1.807, 2.05) is 146 Å². The highest BCUT2D eigenvalue weighted by atomic mass is 32.2. The monoisotopic (exact) mass is 1060 g/mol. The van der Waals surface area contributed by atoms with Crippen molar-refractivity contribution in [2.45, 2.75) is 47.5 Å². The lowest BCUT2D eigenvalue weighted by atomic mass is 9.89. The van der Waals surface area contributed by atoms with Crippen LogP contribution in [0.5, 0.6) is 0 Å². The summed E-state index contributed by atoms with van der Waals surface area (Å²) in [7, 11) is 0. The molecule has 13 rings (SSSR count). The van der Waals surface area contributed by atoms with Gasteiger partial charge in [0, 0.05) is 44.5 Å². The molecule has 0 radical (unpaired) electrons. The Bertz CT molecular complexity index is 3860. The summed E-state index contributed by atoms with van der Waals surface area (Å²) in [6.07, 6.45) is 0. The number of fused-ring (bicyclic) bond motifs is 12. The predicted molar refractivity (Wildman–Crippen MR) is 304 cm³/mol. The lowest BCUT2D eigenvalue weighted by Gasteiger charge is -2.24. The Morgan fingerprint density at radius 1 is 0.416 bits per heavy atom. The summed E-state index contributed by atoms with van der Waals surface area (Å²) in [6.45, 7) is 8.29. The van der Waals surface area contributed by atoms with Crippen LogP contribution < -0.4 is 0 Å². The van der Waals surface area contributed by atoms with Crippen molar-refractivity contribution in [3.63, 3.8) is 0 Å². The van der Waals surface area contributed by atoms with Crippen LogP contribution in [0.4, 0.5) is 0 Å². The summed E-state index contributed by atoms with van der Waals surface area (Å²) in [5.41, 5.74) is 15.7. The van der Waals surface area contributed by atoms with Crippen molar-refractivity contribution in [2.24, 2.45) is 9.98 Å². The van der Waals surface area contributed by atoms with Crippen molar-refractivity contribution in [2.75, 3.05) is 13.2 Å². The summed E-state index contributed by atoms with van der Waals surface area (Å²) in [5.74, 6) is -0.768. The third-order valence-electron chi connectivity index (χ3n) is 15.0. The Morgan fingerprint density at radius 3 is 1.17 bits per heavy atom. The van der Waals surface area contributed by atoms with Crippen LogP contribution in [0.15, 0.2) is 189 Å². The number of nitrogens with zero attached hydrogens (tertiary/aromatic N) is 4. The summed E-state index contributed by atoms with van der Waals surface area (Å²) >= 11 is 3.17. The van der Waals surface area contributed by atoms with E-state index >= 15 is 0 Å². The molecular weight excluding hydrogens is 1020 g/mol. The number of rotatable bonds is 10. The molecule has 8 aromatic carbocycles.